The van der Waals surface area contributed by atoms with Gasteiger partial charge in [0.2, 0.25) is 0 Å². The first-order valence-electron chi connectivity index (χ1n) is 18.7. The van der Waals surface area contributed by atoms with E-state index >= 15 is 0 Å². The number of hydrogen-bond donors (Lipinski definition) is 0. The van der Waals surface area contributed by atoms with Crippen molar-refractivity contribution < 1.29 is 0 Å². The van der Waals surface area contributed by atoms with Crippen LogP contribution in [0.2, 0.25) is 0 Å². The number of nitrogens with zero attached hydrogens (tertiary/aromatic N) is 3. The predicted molar refractivity (Wildman–Crippen MR) is 226 cm³/mol. The molecule has 7 aromatic carbocycles. The van der Waals surface area contributed by atoms with Gasteiger partial charge < -0.3 is 14.7 Å². The second-order valence-corrected chi connectivity index (χ2v) is 16.4. The van der Waals surface area contributed by atoms with Crippen molar-refractivity contribution in [1.82, 2.24) is 0 Å². The zero-order valence-electron chi connectivity index (χ0n) is 31.4. The highest BCUT2D eigenvalue weighted by molar-refractivity contribution is 6.12. The summed E-state index contributed by atoms with van der Waals surface area (Å²) in [7, 11) is 0. The summed E-state index contributed by atoms with van der Waals surface area (Å²) in [5.74, 6) is 0. The van der Waals surface area contributed by atoms with Crippen molar-refractivity contribution in [1.29, 1.82) is 0 Å². The van der Waals surface area contributed by atoms with Crippen LogP contribution in [0.15, 0.2) is 164 Å². The van der Waals surface area contributed by atoms with E-state index in [1.807, 2.05) is 0 Å². The van der Waals surface area contributed by atoms with E-state index in [1.165, 1.54) is 50.4 Å². The molecule has 0 fully saturated rings. The molecule has 0 unspecified atom stereocenters. The van der Waals surface area contributed by atoms with Gasteiger partial charge in [0.25, 0.3) is 0 Å². The zero-order valence-corrected chi connectivity index (χ0v) is 31.4. The molecular weight excluding hydrogens is 643 g/mol. The molecular formula is C50H45N3. The number of para-hydroxylation sites is 1. The first-order chi connectivity index (χ1) is 25.6. The third-order valence-electron chi connectivity index (χ3n) is 10.8. The van der Waals surface area contributed by atoms with Gasteiger partial charge in [-0.3, -0.25) is 0 Å². The second kappa shape index (κ2) is 12.3. The maximum Gasteiger partial charge on any atom is 0.0947 e. The molecule has 3 nitrogen and oxygen atoms in total. The van der Waals surface area contributed by atoms with Gasteiger partial charge in [0.1, 0.15) is 0 Å². The van der Waals surface area contributed by atoms with Crippen LogP contribution in [0.4, 0.5) is 51.2 Å². The normalized spacial score (nSPS) is 13.4. The van der Waals surface area contributed by atoms with E-state index in [1.54, 1.807) is 0 Å². The maximum atomic E-state index is 2.53. The van der Waals surface area contributed by atoms with Crippen molar-refractivity contribution in [3.63, 3.8) is 0 Å². The first-order valence-corrected chi connectivity index (χ1v) is 18.7. The molecule has 9 rings (SSSR count). The summed E-state index contributed by atoms with van der Waals surface area (Å²) < 4.78 is 0. The van der Waals surface area contributed by atoms with Crippen LogP contribution in [0.25, 0.3) is 22.3 Å². The van der Waals surface area contributed by atoms with Gasteiger partial charge in [-0.05, 0) is 105 Å². The Labute approximate surface area is 314 Å². The third kappa shape index (κ3) is 5.59. The van der Waals surface area contributed by atoms with Gasteiger partial charge in [0.15, 0.2) is 0 Å². The van der Waals surface area contributed by atoms with Crippen LogP contribution in [0.3, 0.4) is 0 Å². The minimum Gasteiger partial charge on any atom is -0.306 e. The standard InChI is InChI=1S/C50H45N3/c1-49(2,3)38-23-28-41(29-24-38)52-43-31-25-39(50(4,5)6)33-47(43)53-46-32-37(35-16-11-8-12-17-35)22-30-42(46)51(44-18-13-19-45(52)48(44)53)40-26-20-36(21-27-40)34-14-9-7-10-15-34/h7-33H,1-6H3. The van der Waals surface area contributed by atoms with E-state index in [-0.39, 0.29) is 10.8 Å². The van der Waals surface area contributed by atoms with Gasteiger partial charge in [-0.1, -0.05) is 145 Å². The van der Waals surface area contributed by atoms with Crippen molar-refractivity contribution in [3.8, 4) is 22.3 Å². The molecule has 2 heterocycles. The molecule has 0 atom stereocenters. The molecule has 2 aliphatic rings. The van der Waals surface area contributed by atoms with E-state index in [9.17, 15) is 0 Å². The minimum atomic E-state index is -0.0228. The fourth-order valence-electron chi connectivity index (χ4n) is 7.90. The highest BCUT2D eigenvalue weighted by Crippen LogP contribution is 2.63. The van der Waals surface area contributed by atoms with E-state index in [4.69, 9.17) is 0 Å². The largest absolute Gasteiger partial charge is 0.306 e. The van der Waals surface area contributed by atoms with Gasteiger partial charge in [0, 0.05) is 11.4 Å². The van der Waals surface area contributed by atoms with Crippen LogP contribution >= 0.6 is 0 Å². The van der Waals surface area contributed by atoms with Gasteiger partial charge in [0.05, 0.1) is 39.8 Å². The summed E-state index contributed by atoms with van der Waals surface area (Å²) in [5, 5.41) is 0. The lowest BCUT2D eigenvalue weighted by molar-refractivity contribution is 0.590. The summed E-state index contributed by atoms with van der Waals surface area (Å²) in [6.45, 7) is 13.7. The Morgan fingerprint density at radius 3 is 1.28 bits per heavy atom. The van der Waals surface area contributed by atoms with Crippen molar-refractivity contribution in [3.05, 3.63) is 175 Å². The number of hydrogen-bond acceptors (Lipinski definition) is 3. The molecule has 7 aromatic rings. The Balaban J connectivity index is 1.31. The molecule has 0 spiro atoms. The average Bonchev–Trinajstić information content (AvgIpc) is 3.17. The molecule has 2 aliphatic heterocycles. The highest BCUT2D eigenvalue weighted by Gasteiger charge is 2.40. The summed E-state index contributed by atoms with van der Waals surface area (Å²) in [4.78, 5) is 7.45. The van der Waals surface area contributed by atoms with Crippen LogP contribution in [-0.2, 0) is 10.8 Å². The second-order valence-electron chi connectivity index (χ2n) is 16.4. The lowest BCUT2D eigenvalue weighted by atomic mass is 9.85. The van der Waals surface area contributed by atoms with Crippen LogP contribution in [0, 0.1) is 0 Å². The molecule has 3 heteroatoms. The van der Waals surface area contributed by atoms with Crippen molar-refractivity contribution in [2.24, 2.45) is 0 Å². The number of anilines is 9. The predicted octanol–water partition coefficient (Wildman–Crippen LogP) is 14.7. The molecule has 0 amide bonds. The van der Waals surface area contributed by atoms with Crippen LogP contribution < -0.4 is 14.7 Å². The number of benzene rings is 7. The molecule has 0 saturated carbocycles. The van der Waals surface area contributed by atoms with Gasteiger partial charge in [-0.2, -0.15) is 0 Å². The fourth-order valence-corrected chi connectivity index (χ4v) is 7.90. The summed E-state index contributed by atoms with van der Waals surface area (Å²) in [5.41, 5.74) is 17.9. The molecule has 0 aromatic heterocycles. The summed E-state index contributed by atoms with van der Waals surface area (Å²) in [6, 6.07) is 60.4. The SMILES string of the molecule is CC(C)(C)c1ccc(N2c3ccc(C(C)(C)C)cc3N3c4cc(-c5ccccc5)ccc4N(c4ccc(-c5ccccc5)cc4)c4cccc2c43)cc1. The number of rotatable bonds is 4. The Hall–Kier alpha value is -6.06. The van der Waals surface area contributed by atoms with Gasteiger partial charge >= 0.3 is 0 Å². The smallest absolute Gasteiger partial charge is 0.0947 e. The molecule has 0 aliphatic carbocycles. The fraction of sp³-hybridized carbons (Fsp3) is 0.160. The van der Waals surface area contributed by atoms with Crippen molar-refractivity contribution in [2.75, 3.05) is 14.7 Å². The summed E-state index contributed by atoms with van der Waals surface area (Å²) in [6.07, 6.45) is 0. The van der Waals surface area contributed by atoms with Gasteiger partial charge in [-0.15, -0.1) is 0 Å². The van der Waals surface area contributed by atoms with E-state index in [0.29, 0.717) is 0 Å². The third-order valence-corrected chi connectivity index (χ3v) is 10.8. The zero-order chi connectivity index (χ0) is 36.5. The van der Waals surface area contributed by atoms with Crippen molar-refractivity contribution >= 4 is 51.2 Å². The van der Waals surface area contributed by atoms with Gasteiger partial charge in [-0.25, -0.2) is 0 Å². The topological polar surface area (TPSA) is 9.72 Å². The van der Waals surface area contributed by atoms with Crippen molar-refractivity contribution in [2.45, 2.75) is 52.4 Å². The lowest BCUT2D eigenvalue weighted by Gasteiger charge is -2.47. The first kappa shape index (κ1) is 32.8. The molecule has 0 saturated heterocycles. The molecule has 0 bridgehead atoms. The Morgan fingerprint density at radius 1 is 0.302 bits per heavy atom. The molecule has 260 valence electrons. The van der Waals surface area contributed by atoms with E-state index < -0.39 is 0 Å². The van der Waals surface area contributed by atoms with E-state index in [0.717, 1.165) is 34.1 Å². The Kier molecular flexibility index (Phi) is 7.60. The Bertz CT molecular complexity index is 2450. The molecule has 53 heavy (non-hydrogen) atoms. The summed E-state index contributed by atoms with van der Waals surface area (Å²) >= 11 is 0. The quantitative estimate of drug-likeness (QED) is 0.182. The Morgan fingerprint density at radius 2 is 0.736 bits per heavy atom. The van der Waals surface area contributed by atoms with E-state index in [2.05, 4.69) is 220 Å². The van der Waals surface area contributed by atoms with Crippen LogP contribution in [0.5, 0.6) is 0 Å². The highest BCUT2D eigenvalue weighted by atomic mass is 15.3. The average molecular weight is 688 g/mol. The molecule has 0 N–H and O–H groups in total. The molecule has 0 radical (unpaired) electrons. The lowest BCUT2D eigenvalue weighted by Crippen LogP contribution is -2.30. The minimum absolute atomic E-state index is 0.0228. The van der Waals surface area contributed by atoms with Crippen LogP contribution in [0.1, 0.15) is 52.7 Å². The maximum absolute atomic E-state index is 2.53. The number of fused-ring (bicyclic) bond motifs is 4. The van der Waals surface area contributed by atoms with Crippen LogP contribution in [-0.4, -0.2) is 0 Å². The monoisotopic (exact) mass is 687 g/mol.